The second-order valence-corrected chi connectivity index (χ2v) is 4.99. The number of amides is 2. The normalized spacial score (nSPS) is 16.7. The second kappa shape index (κ2) is 5.29. The molecule has 0 bridgehead atoms. The van der Waals surface area contributed by atoms with Crippen LogP contribution in [0, 0.1) is 0 Å². The Morgan fingerprint density at radius 3 is 2.61 bits per heavy atom. The number of hydrogen-bond donors (Lipinski definition) is 1. The average molecular weight is 251 g/mol. The van der Waals surface area contributed by atoms with Crippen LogP contribution in [-0.2, 0) is 7.05 Å². The summed E-state index contributed by atoms with van der Waals surface area (Å²) in [6.45, 7) is 1.63. The Kier molecular flexibility index (Phi) is 3.74. The zero-order chi connectivity index (χ0) is 13.1. The fraction of sp³-hybridized carbons (Fsp3) is 0.667. The summed E-state index contributed by atoms with van der Waals surface area (Å²) in [5, 5.41) is 7.59. The molecule has 0 atom stereocenters. The average Bonchev–Trinajstić information content (AvgIpc) is 2.75. The molecule has 1 aromatic heterocycles. The number of likely N-dealkylation sites (tertiary alicyclic amines) is 1. The summed E-state index contributed by atoms with van der Waals surface area (Å²) in [6, 6.07) is 0.537. The molecule has 1 saturated heterocycles. The number of carbonyl (C=O) groups is 1. The van der Waals surface area contributed by atoms with Crippen molar-refractivity contribution in [2.75, 3.05) is 32.5 Å². The van der Waals surface area contributed by atoms with E-state index in [-0.39, 0.29) is 6.03 Å². The summed E-state index contributed by atoms with van der Waals surface area (Å²) < 4.78 is 1.78. The van der Waals surface area contributed by atoms with Gasteiger partial charge in [0, 0.05) is 46.5 Å². The van der Waals surface area contributed by atoms with E-state index in [0.29, 0.717) is 6.04 Å². The largest absolute Gasteiger partial charge is 0.380 e. The van der Waals surface area contributed by atoms with Crippen LogP contribution in [0.5, 0.6) is 0 Å². The van der Waals surface area contributed by atoms with Crippen LogP contribution in [0.15, 0.2) is 12.4 Å². The molecule has 0 spiro atoms. The van der Waals surface area contributed by atoms with Crippen LogP contribution in [0.3, 0.4) is 0 Å². The molecule has 2 amide bonds. The summed E-state index contributed by atoms with van der Waals surface area (Å²) >= 11 is 0. The van der Waals surface area contributed by atoms with E-state index >= 15 is 0 Å². The number of nitrogens with one attached hydrogen (secondary N) is 1. The number of rotatable bonds is 2. The van der Waals surface area contributed by atoms with Crippen LogP contribution >= 0.6 is 0 Å². The molecule has 0 radical (unpaired) electrons. The van der Waals surface area contributed by atoms with Crippen LogP contribution in [0.4, 0.5) is 10.5 Å². The fourth-order valence-electron chi connectivity index (χ4n) is 2.23. The molecule has 100 valence electrons. The first kappa shape index (κ1) is 12.7. The predicted molar refractivity (Wildman–Crippen MR) is 70.5 cm³/mol. The highest BCUT2D eigenvalue weighted by Crippen LogP contribution is 2.16. The third kappa shape index (κ3) is 2.94. The minimum atomic E-state index is 0.106. The minimum Gasteiger partial charge on any atom is -0.380 e. The van der Waals surface area contributed by atoms with Gasteiger partial charge in [0.1, 0.15) is 0 Å². The molecule has 1 fully saturated rings. The number of piperidine rings is 1. The molecule has 0 saturated carbocycles. The molecule has 1 aromatic rings. The smallest absolute Gasteiger partial charge is 0.319 e. The van der Waals surface area contributed by atoms with Gasteiger partial charge in [-0.05, 0) is 12.8 Å². The van der Waals surface area contributed by atoms with E-state index < -0.39 is 0 Å². The molecule has 1 aliphatic heterocycles. The van der Waals surface area contributed by atoms with E-state index in [1.54, 1.807) is 23.7 Å². The maximum Gasteiger partial charge on any atom is 0.319 e. The first-order valence-corrected chi connectivity index (χ1v) is 6.27. The molecule has 2 heterocycles. The number of carbonyl (C=O) groups excluding carboxylic acids is 1. The third-order valence-corrected chi connectivity index (χ3v) is 3.22. The zero-order valence-corrected chi connectivity index (χ0v) is 11.3. The Bertz CT molecular complexity index is 406. The van der Waals surface area contributed by atoms with Crippen LogP contribution in [-0.4, -0.2) is 58.8 Å². The number of aromatic nitrogens is 2. The van der Waals surface area contributed by atoms with Gasteiger partial charge in [-0.2, -0.15) is 5.10 Å². The monoisotopic (exact) mass is 251 g/mol. The molecule has 6 nitrogen and oxygen atoms in total. The summed E-state index contributed by atoms with van der Waals surface area (Å²) in [6.07, 6.45) is 5.76. The van der Waals surface area contributed by atoms with Gasteiger partial charge in [0.2, 0.25) is 0 Å². The highest BCUT2D eigenvalue weighted by Gasteiger charge is 2.23. The van der Waals surface area contributed by atoms with Crippen molar-refractivity contribution < 1.29 is 4.79 Å². The van der Waals surface area contributed by atoms with Crippen molar-refractivity contribution in [1.82, 2.24) is 19.6 Å². The van der Waals surface area contributed by atoms with Gasteiger partial charge < -0.3 is 15.1 Å². The molecule has 2 rings (SSSR count). The van der Waals surface area contributed by atoms with Crippen molar-refractivity contribution in [3.05, 3.63) is 12.4 Å². The van der Waals surface area contributed by atoms with Crippen molar-refractivity contribution in [2.45, 2.75) is 18.9 Å². The molecule has 1 aliphatic rings. The van der Waals surface area contributed by atoms with Gasteiger partial charge in [0.15, 0.2) is 0 Å². The summed E-state index contributed by atoms with van der Waals surface area (Å²) in [7, 11) is 5.49. The van der Waals surface area contributed by atoms with E-state index in [0.717, 1.165) is 31.6 Å². The molecular weight excluding hydrogens is 230 g/mol. The van der Waals surface area contributed by atoms with E-state index in [2.05, 4.69) is 10.4 Å². The lowest BCUT2D eigenvalue weighted by atomic mass is 10.1. The lowest BCUT2D eigenvalue weighted by Gasteiger charge is -2.34. The zero-order valence-electron chi connectivity index (χ0n) is 11.3. The molecule has 6 heteroatoms. The number of urea groups is 1. The minimum absolute atomic E-state index is 0.106. The Balaban J connectivity index is 1.82. The highest BCUT2D eigenvalue weighted by atomic mass is 16.2. The molecule has 0 aliphatic carbocycles. The topological polar surface area (TPSA) is 53.4 Å². The van der Waals surface area contributed by atoms with E-state index in [1.165, 1.54) is 0 Å². The van der Waals surface area contributed by atoms with Crippen molar-refractivity contribution in [1.29, 1.82) is 0 Å². The number of nitrogens with zero attached hydrogens (tertiary/aromatic N) is 4. The molecular formula is C12H21N5O. The SMILES string of the molecule is CN(C)C(=O)N1CCC(Nc2cnn(C)c2)CC1. The maximum atomic E-state index is 11.8. The van der Waals surface area contributed by atoms with Gasteiger partial charge in [-0.25, -0.2) is 4.79 Å². The van der Waals surface area contributed by atoms with Gasteiger partial charge in [0.25, 0.3) is 0 Å². The van der Waals surface area contributed by atoms with Gasteiger partial charge in [0.05, 0.1) is 11.9 Å². The van der Waals surface area contributed by atoms with E-state index in [9.17, 15) is 4.79 Å². The number of aryl methyl sites for hydroxylation is 1. The van der Waals surface area contributed by atoms with Crippen LogP contribution in [0.25, 0.3) is 0 Å². The second-order valence-electron chi connectivity index (χ2n) is 4.99. The standard InChI is InChI=1S/C12H21N5O/c1-15(2)12(18)17-6-4-10(5-7-17)14-11-8-13-16(3)9-11/h8-10,14H,4-7H2,1-3H3. The highest BCUT2D eigenvalue weighted by molar-refractivity contribution is 5.73. The first-order valence-electron chi connectivity index (χ1n) is 6.27. The van der Waals surface area contributed by atoms with Crippen molar-refractivity contribution in [2.24, 2.45) is 7.05 Å². The molecule has 0 aromatic carbocycles. The molecule has 1 N–H and O–H groups in total. The Morgan fingerprint density at radius 2 is 2.11 bits per heavy atom. The van der Waals surface area contributed by atoms with E-state index in [1.807, 2.05) is 24.3 Å². The first-order chi connectivity index (χ1) is 8.56. The lowest BCUT2D eigenvalue weighted by Crippen LogP contribution is -2.46. The fourth-order valence-corrected chi connectivity index (χ4v) is 2.23. The summed E-state index contributed by atoms with van der Waals surface area (Å²) in [4.78, 5) is 15.3. The van der Waals surface area contributed by atoms with Gasteiger partial charge in [-0.15, -0.1) is 0 Å². The van der Waals surface area contributed by atoms with E-state index in [4.69, 9.17) is 0 Å². The Hall–Kier alpha value is -1.72. The predicted octanol–water partition coefficient (Wildman–Crippen LogP) is 0.978. The lowest BCUT2D eigenvalue weighted by molar-refractivity contribution is 0.158. The Labute approximate surface area is 108 Å². The molecule has 0 unspecified atom stereocenters. The van der Waals surface area contributed by atoms with Gasteiger partial charge in [-0.3, -0.25) is 4.68 Å². The van der Waals surface area contributed by atoms with Crippen molar-refractivity contribution in [3.8, 4) is 0 Å². The van der Waals surface area contributed by atoms with Crippen LogP contribution < -0.4 is 5.32 Å². The Morgan fingerprint density at radius 1 is 1.44 bits per heavy atom. The van der Waals surface area contributed by atoms with Crippen LogP contribution in [0.2, 0.25) is 0 Å². The van der Waals surface area contributed by atoms with Gasteiger partial charge in [-0.1, -0.05) is 0 Å². The number of hydrogen-bond acceptors (Lipinski definition) is 3. The van der Waals surface area contributed by atoms with Crippen molar-refractivity contribution >= 4 is 11.7 Å². The number of anilines is 1. The summed E-state index contributed by atoms with van der Waals surface area (Å²) in [5.74, 6) is 0. The quantitative estimate of drug-likeness (QED) is 0.852. The van der Waals surface area contributed by atoms with Crippen molar-refractivity contribution in [3.63, 3.8) is 0 Å². The third-order valence-electron chi connectivity index (χ3n) is 3.22. The maximum absolute atomic E-state index is 11.8. The van der Waals surface area contributed by atoms with Gasteiger partial charge >= 0.3 is 6.03 Å². The molecule has 18 heavy (non-hydrogen) atoms. The van der Waals surface area contributed by atoms with Crippen LogP contribution in [0.1, 0.15) is 12.8 Å². The summed E-state index contributed by atoms with van der Waals surface area (Å²) in [5.41, 5.74) is 1.05.